The minimum absolute atomic E-state index is 0.378. The first kappa shape index (κ1) is 13.8. The van der Waals surface area contributed by atoms with E-state index in [9.17, 15) is 4.79 Å². The molecule has 0 unspecified atom stereocenters. The average Bonchev–Trinajstić information content (AvgIpc) is 3.23. The molecule has 3 nitrogen and oxygen atoms in total. The zero-order valence-corrected chi connectivity index (χ0v) is 13.3. The molecule has 2 aliphatic carbocycles. The summed E-state index contributed by atoms with van der Waals surface area (Å²) >= 11 is 3.72. The first-order valence-electron chi connectivity index (χ1n) is 7.19. The first-order valence-corrected chi connectivity index (χ1v) is 7.99. The van der Waals surface area contributed by atoms with E-state index in [2.05, 4.69) is 27.0 Å². The normalized spacial score (nSPS) is 19.5. The van der Waals surface area contributed by atoms with Gasteiger partial charge in [-0.2, -0.15) is 4.99 Å². The maximum Gasteiger partial charge on any atom is 0.235 e. The van der Waals surface area contributed by atoms with Crippen molar-refractivity contribution in [3.05, 3.63) is 27.2 Å². The quantitative estimate of drug-likeness (QED) is 0.474. The maximum atomic E-state index is 10.7. The smallest absolute Gasteiger partial charge is 0.235 e. The number of methoxy groups -OCH3 is 1. The van der Waals surface area contributed by atoms with Crippen LogP contribution in [0.3, 0.4) is 0 Å². The number of nitrogens with zero attached hydrogens (tertiary/aromatic N) is 1. The Morgan fingerprint density at radius 2 is 2.05 bits per heavy atom. The van der Waals surface area contributed by atoms with Crippen molar-refractivity contribution in [2.75, 3.05) is 7.11 Å². The van der Waals surface area contributed by atoms with Crippen LogP contribution in [0.4, 0.5) is 0 Å². The molecule has 1 aromatic rings. The number of rotatable bonds is 3. The summed E-state index contributed by atoms with van der Waals surface area (Å²) in [6.45, 7) is 0. The predicted molar refractivity (Wildman–Crippen MR) is 81.0 cm³/mol. The van der Waals surface area contributed by atoms with Crippen molar-refractivity contribution in [1.82, 2.24) is 0 Å². The molecular formula is C16H18BrNO2. The second-order valence-electron chi connectivity index (χ2n) is 5.70. The molecular weight excluding hydrogens is 318 g/mol. The van der Waals surface area contributed by atoms with Gasteiger partial charge in [-0.25, -0.2) is 4.79 Å². The van der Waals surface area contributed by atoms with Crippen molar-refractivity contribution in [1.29, 1.82) is 0 Å². The zero-order chi connectivity index (χ0) is 14.2. The second kappa shape index (κ2) is 5.34. The fourth-order valence-electron chi connectivity index (χ4n) is 3.20. The molecule has 3 rings (SSSR count). The molecule has 0 N–H and O–H groups in total. The van der Waals surface area contributed by atoms with E-state index in [4.69, 9.17) is 4.74 Å². The molecule has 1 saturated carbocycles. The molecule has 1 fully saturated rings. The minimum atomic E-state index is -0.378. The molecule has 0 saturated heterocycles. The van der Waals surface area contributed by atoms with Crippen LogP contribution in [0.25, 0.3) is 0 Å². The summed E-state index contributed by atoms with van der Waals surface area (Å²) in [5, 5.41) is 0. The van der Waals surface area contributed by atoms with E-state index in [-0.39, 0.29) is 5.54 Å². The molecule has 0 spiro atoms. The summed E-state index contributed by atoms with van der Waals surface area (Å²) in [5.41, 5.74) is 3.43. The Labute approximate surface area is 127 Å². The summed E-state index contributed by atoms with van der Waals surface area (Å²) in [7, 11) is 1.69. The van der Waals surface area contributed by atoms with E-state index >= 15 is 0 Å². The predicted octanol–water partition coefficient (Wildman–Crippen LogP) is 4.05. The van der Waals surface area contributed by atoms with Crippen molar-refractivity contribution in [3.8, 4) is 5.75 Å². The standard InChI is InChI=1S/C16H18BrNO2/c1-20-15-13(16(7-8-16)18-10-19)9-11-5-3-2-4-6-12(11)14(15)17/h9H,2-8H2,1H3. The Kier molecular flexibility index (Phi) is 3.70. The van der Waals surface area contributed by atoms with Crippen molar-refractivity contribution in [2.45, 2.75) is 50.5 Å². The molecule has 0 radical (unpaired) electrons. The maximum absolute atomic E-state index is 10.7. The topological polar surface area (TPSA) is 38.7 Å². The third-order valence-electron chi connectivity index (χ3n) is 4.48. The summed E-state index contributed by atoms with van der Waals surface area (Å²) < 4.78 is 6.68. The number of halogens is 1. The third kappa shape index (κ3) is 2.21. The molecule has 20 heavy (non-hydrogen) atoms. The second-order valence-corrected chi connectivity index (χ2v) is 6.50. The Morgan fingerprint density at radius 3 is 2.70 bits per heavy atom. The Balaban J connectivity index is 2.17. The fraction of sp³-hybridized carbons (Fsp3) is 0.562. The van der Waals surface area contributed by atoms with Crippen LogP contribution in [-0.2, 0) is 23.2 Å². The van der Waals surface area contributed by atoms with E-state index in [1.165, 1.54) is 30.4 Å². The number of aliphatic imine (C=N–C) groups is 1. The lowest BCUT2D eigenvalue weighted by Gasteiger charge is -2.20. The monoisotopic (exact) mass is 335 g/mol. The molecule has 0 bridgehead atoms. The van der Waals surface area contributed by atoms with Gasteiger partial charge in [0.05, 0.1) is 11.6 Å². The highest BCUT2D eigenvalue weighted by Gasteiger charge is 2.47. The van der Waals surface area contributed by atoms with Crippen molar-refractivity contribution in [3.63, 3.8) is 0 Å². The van der Waals surface area contributed by atoms with Gasteiger partial charge in [-0.05, 0) is 71.6 Å². The molecule has 0 aliphatic heterocycles. The number of hydrogen-bond acceptors (Lipinski definition) is 3. The molecule has 0 atom stereocenters. The number of ether oxygens (including phenoxy) is 1. The van der Waals surface area contributed by atoms with Gasteiger partial charge in [-0.3, -0.25) is 0 Å². The third-order valence-corrected chi connectivity index (χ3v) is 5.32. The molecule has 106 valence electrons. The zero-order valence-electron chi connectivity index (χ0n) is 11.7. The summed E-state index contributed by atoms with van der Waals surface area (Å²) in [6, 6.07) is 2.22. The van der Waals surface area contributed by atoms with Crippen LogP contribution in [0.1, 0.15) is 48.8 Å². The van der Waals surface area contributed by atoms with Crippen molar-refractivity contribution >= 4 is 22.0 Å². The van der Waals surface area contributed by atoms with Gasteiger partial charge in [0.2, 0.25) is 6.08 Å². The van der Waals surface area contributed by atoms with Gasteiger partial charge in [0, 0.05) is 5.56 Å². The van der Waals surface area contributed by atoms with Crippen LogP contribution in [0.15, 0.2) is 15.5 Å². The Hall–Kier alpha value is -1.12. The highest BCUT2D eigenvalue weighted by atomic mass is 79.9. The molecule has 0 heterocycles. The number of isocyanates is 1. The highest BCUT2D eigenvalue weighted by Crippen LogP contribution is 2.54. The minimum Gasteiger partial charge on any atom is -0.495 e. The molecule has 1 aromatic carbocycles. The number of aryl methyl sites for hydroxylation is 1. The van der Waals surface area contributed by atoms with E-state index in [0.29, 0.717) is 0 Å². The van der Waals surface area contributed by atoms with Crippen LogP contribution >= 0.6 is 15.9 Å². The molecule has 4 heteroatoms. The van der Waals surface area contributed by atoms with Crippen LogP contribution in [-0.4, -0.2) is 13.2 Å². The van der Waals surface area contributed by atoms with Crippen LogP contribution < -0.4 is 4.74 Å². The number of carbonyl (C=O) groups excluding carboxylic acids is 1. The van der Waals surface area contributed by atoms with E-state index in [1.54, 1.807) is 13.2 Å². The van der Waals surface area contributed by atoms with Crippen LogP contribution in [0.5, 0.6) is 5.75 Å². The number of fused-ring (bicyclic) bond motifs is 1. The van der Waals surface area contributed by atoms with Gasteiger partial charge < -0.3 is 4.74 Å². The lowest BCUT2D eigenvalue weighted by molar-refractivity contribution is 0.400. The van der Waals surface area contributed by atoms with Gasteiger partial charge in [0.15, 0.2) is 0 Å². The van der Waals surface area contributed by atoms with Crippen LogP contribution in [0, 0.1) is 0 Å². The van der Waals surface area contributed by atoms with E-state index in [0.717, 1.165) is 41.5 Å². The molecule has 0 amide bonds. The fourth-order valence-corrected chi connectivity index (χ4v) is 4.03. The van der Waals surface area contributed by atoms with E-state index in [1.807, 2.05) is 0 Å². The Morgan fingerprint density at radius 1 is 1.30 bits per heavy atom. The largest absolute Gasteiger partial charge is 0.495 e. The van der Waals surface area contributed by atoms with E-state index < -0.39 is 0 Å². The van der Waals surface area contributed by atoms with Gasteiger partial charge in [0.25, 0.3) is 0 Å². The summed E-state index contributed by atoms with van der Waals surface area (Å²) in [6.07, 6.45) is 9.48. The SMILES string of the molecule is COc1c(C2(N=C=O)CC2)cc2c(c1Br)CCCCC2. The highest BCUT2D eigenvalue weighted by molar-refractivity contribution is 9.10. The lowest BCUT2D eigenvalue weighted by atomic mass is 9.94. The average molecular weight is 336 g/mol. The Bertz CT molecular complexity index is 587. The van der Waals surface area contributed by atoms with Gasteiger partial charge in [0.1, 0.15) is 11.3 Å². The summed E-state index contributed by atoms with van der Waals surface area (Å²) in [5.74, 6) is 0.849. The van der Waals surface area contributed by atoms with Crippen LogP contribution in [0.2, 0.25) is 0 Å². The number of hydrogen-bond donors (Lipinski definition) is 0. The van der Waals surface area contributed by atoms with Crippen molar-refractivity contribution in [2.24, 2.45) is 4.99 Å². The van der Waals surface area contributed by atoms with Gasteiger partial charge in [-0.1, -0.05) is 6.42 Å². The molecule has 2 aliphatic rings. The lowest BCUT2D eigenvalue weighted by Crippen LogP contribution is -2.09. The van der Waals surface area contributed by atoms with Gasteiger partial charge >= 0.3 is 0 Å². The van der Waals surface area contributed by atoms with Crippen molar-refractivity contribution < 1.29 is 9.53 Å². The van der Waals surface area contributed by atoms with Gasteiger partial charge in [-0.15, -0.1) is 0 Å². The first-order chi connectivity index (χ1) is 9.72. The number of benzene rings is 1. The summed E-state index contributed by atoms with van der Waals surface area (Å²) in [4.78, 5) is 14.8. The molecule has 0 aromatic heterocycles.